The normalized spacial score (nSPS) is 24.6. The number of carbonyl (C=O) groups is 1. The van der Waals surface area contributed by atoms with Gasteiger partial charge in [-0.1, -0.05) is 6.92 Å². The fraction of sp³-hybridized carbons (Fsp3) is 0.909. The number of carbonyl (C=O) groups excluding carboxylic acids is 1. The molecule has 1 aliphatic rings. The van der Waals surface area contributed by atoms with Gasteiger partial charge in [-0.05, 0) is 12.3 Å². The minimum atomic E-state index is -2.48. The van der Waals surface area contributed by atoms with Crippen molar-refractivity contribution in [2.24, 2.45) is 11.7 Å². The van der Waals surface area contributed by atoms with E-state index in [9.17, 15) is 13.6 Å². The number of alkyl halides is 2. The molecule has 0 aromatic rings. The van der Waals surface area contributed by atoms with Gasteiger partial charge in [-0.3, -0.25) is 4.79 Å². The monoisotopic (exact) mass is 250 g/mol. The van der Waals surface area contributed by atoms with Crippen molar-refractivity contribution in [2.45, 2.75) is 32.2 Å². The van der Waals surface area contributed by atoms with Crippen LogP contribution in [0, 0.1) is 5.92 Å². The molecule has 17 heavy (non-hydrogen) atoms. The lowest BCUT2D eigenvalue weighted by molar-refractivity contribution is -0.133. The maximum absolute atomic E-state index is 11.8. The van der Waals surface area contributed by atoms with Gasteiger partial charge in [0.05, 0.1) is 13.0 Å². The highest BCUT2D eigenvalue weighted by Gasteiger charge is 2.32. The quantitative estimate of drug-likeness (QED) is 0.711. The fourth-order valence-electron chi connectivity index (χ4n) is 2.15. The Bertz CT molecular complexity index is 252. The van der Waals surface area contributed by atoms with Crippen molar-refractivity contribution in [2.75, 3.05) is 26.3 Å². The average molecular weight is 250 g/mol. The molecular formula is C11H20F2N2O2. The summed E-state index contributed by atoms with van der Waals surface area (Å²) in [5, 5.41) is 0. The molecule has 0 aromatic carbocycles. The number of nitrogens with zero attached hydrogens (tertiary/aromatic N) is 1. The number of ether oxygens (including phenoxy) is 1. The molecule has 0 spiro atoms. The number of rotatable bonds is 6. The van der Waals surface area contributed by atoms with Crippen molar-refractivity contribution in [3.05, 3.63) is 0 Å². The molecular weight excluding hydrogens is 230 g/mol. The van der Waals surface area contributed by atoms with Crippen LogP contribution in [0.4, 0.5) is 8.78 Å². The smallest absolute Gasteiger partial charge is 0.261 e. The Hall–Kier alpha value is -0.750. The third kappa shape index (κ3) is 4.20. The summed E-state index contributed by atoms with van der Waals surface area (Å²) in [7, 11) is 0. The fourth-order valence-corrected chi connectivity index (χ4v) is 2.15. The molecule has 2 N–H and O–H groups in total. The number of amides is 1. The van der Waals surface area contributed by atoms with Crippen molar-refractivity contribution >= 4 is 5.91 Å². The minimum Gasteiger partial charge on any atom is -0.375 e. The Morgan fingerprint density at radius 2 is 2.29 bits per heavy atom. The van der Waals surface area contributed by atoms with Crippen molar-refractivity contribution < 1.29 is 18.3 Å². The zero-order valence-corrected chi connectivity index (χ0v) is 10.1. The highest BCUT2D eigenvalue weighted by Crippen LogP contribution is 2.23. The van der Waals surface area contributed by atoms with Crippen LogP contribution in [0.3, 0.4) is 0 Å². The first-order valence-electron chi connectivity index (χ1n) is 5.91. The predicted molar refractivity (Wildman–Crippen MR) is 59.8 cm³/mol. The van der Waals surface area contributed by atoms with E-state index in [4.69, 9.17) is 10.5 Å². The average Bonchev–Trinajstić information content (AvgIpc) is 2.65. The van der Waals surface area contributed by atoms with Gasteiger partial charge in [-0.2, -0.15) is 0 Å². The van der Waals surface area contributed by atoms with E-state index in [0.717, 1.165) is 6.42 Å². The van der Waals surface area contributed by atoms with E-state index < -0.39 is 13.0 Å². The van der Waals surface area contributed by atoms with Crippen molar-refractivity contribution in [1.29, 1.82) is 0 Å². The molecule has 0 aromatic heterocycles. The number of nitrogens with two attached hydrogens (primary N) is 1. The molecule has 100 valence electrons. The van der Waals surface area contributed by atoms with Crippen LogP contribution in [0.25, 0.3) is 0 Å². The molecule has 0 saturated carbocycles. The van der Waals surface area contributed by atoms with Gasteiger partial charge in [-0.25, -0.2) is 8.78 Å². The molecule has 6 heteroatoms. The van der Waals surface area contributed by atoms with Crippen molar-refractivity contribution in [3.63, 3.8) is 0 Å². The number of hydrogen-bond acceptors (Lipinski definition) is 3. The van der Waals surface area contributed by atoms with Gasteiger partial charge in [0.15, 0.2) is 0 Å². The van der Waals surface area contributed by atoms with Crippen molar-refractivity contribution in [3.8, 4) is 0 Å². The summed E-state index contributed by atoms with van der Waals surface area (Å²) in [4.78, 5) is 13.6. The molecule has 1 fully saturated rings. The maximum atomic E-state index is 11.8. The van der Waals surface area contributed by atoms with Gasteiger partial charge in [0.25, 0.3) is 6.43 Å². The standard InChI is InChI=1S/C11H20F2N2O2/c1-8-2-4-15(9(8)6-14)11(16)3-5-17-7-10(12)13/h8-10H,2-7,14H2,1H3. The van der Waals surface area contributed by atoms with Crippen LogP contribution < -0.4 is 5.73 Å². The molecule has 1 heterocycles. The summed E-state index contributed by atoms with van der Waals surface area (Å²) in [5.41, 5.74) is 5.62. The Kier molecular flexibility index (Phi) is 5.77. The van der Waals surface area contributed by atoms with Crippen LogP contribution >= 0.6 is 0 Å². The second-order valence-electron chi connectivity index (χ2n) is 4.37. The van der Waals surface area contributed by atoms with Gasteiger partial charge >= 0.3 is 0 Å². The first-order chi connectivity index (χ1) is 8.06. The number of likely N-dealkylation sites (tertiary alicyclic amines) is 1. The lowest BCUT2D eigenvalue weighted by Gasteiger charge is -2.25. The Morgan fingerprint density at radius 1 is 1.59 bits per heavy atom. The maximum Gasteiger partial charge on any atom is 0.261 e. The Labute approximate surface area is 100 Å². The summed E-state index contributed by atoms with van der Waals surface area (Å²) in [6.45, 7) is 2.66. The van der Waals surface area contributed by atoms with Crippen LogP contribution in [-0.4, -0.2) is 49.6 Å². The third-order valence-electron chi connectivity index (χ3n) is 3.15. The highest BCUT2D eigenvalue weighted by molar-refractivity contribution is 5.77. The van der Waals surface area contributed by atoms with Gasteiger partial charge in [0, 0.05) is 19.1 Å². The predicted octanol–water partition coefficient (Wildman–Crippen LogP) is 0.854. The molecule has 2 atom stereocenters. The summed E-state index contributed by atoms with van der Waals surface area (Å²) in [5.74, 6) is 0.352. The van der Waals surface area contributed by atoms with Crippen LogP contribution in [0.5, 0.6) is 0 Å². The second kappa shape index (κ2) is 6.86. The van der Waals surface area contributed by atoms with Crippen LogP contribution in [0.15, 0.2) is 0 Å². The molecule has 2 unspecified atom stereocenters. The molecule has 1 saturated heterocycles. The molecule has 0 aliphatic carbocycles. The summed E-state index contributed by atoms with van der Waals surface area (Å²) < 4.78 is 28.3. The van der Waals surface area contributed by atoms with E-state index in [1.807, 2.05) is 0 Å². The Morgan fingerprint density at radius 3 is 2.88 bits per heavy atom. The van der Waals surface area contributed by atoms with E-state index in [-0.39, 0.29) is 25.0 Å². The molecule has 4 nitrogen and oxygen atoms in total. The zero-order chi connectivity index (χ0) is 12.8. The summed E-state index contributed by atoms with van der Waals surface area (Å²) in [6, 6.07) is 0.0811. The van der Waals surface area contributed by atoms with E-state index >= 15 is 0 Å². The van der Waals surface area contributed by atoms with Gasteiger partial charge < -0.3 is 15.4 Å². The van der Waals surface area contributed by atoms with Gasteiger partial charge in [0.2, 0.25) is 5.91 Å². The van der Waals surface area contributed by atoms with Gasteiger partial charge in [0.1, 0.15) is 6.61 Å². The number of halogens is 2. The molecule has 1 aliphatic heterocycles. The lowest BCUT2D eigenvalue weighted by atomic mass is 10.0. The van der Waals surface area contributed by atoms with E-state index in [1.165, 1.54) is 0 Å². The number of hydrogen-bond donors (Lipinski definition) is 1. The zero-order valence-electron chi connectivity index (χ0n) is 10.1. The SMILES string of the molecule is CC1CCN(C(=O)CCOCC(F)F)C1CN. The minimum absolute atomic E-state index is 0.0470. The topological polar surface area (TPSA) is 55.6 Å². The van der Waals surface area contributed by atoms with Crippen LogP contribution in [0.1, 0.15) is 19.8 Å². The first kappa shape index (κ1) is 14.3. The van der Waals surface area contributed by atoms with Crippen LogP contribution in [0.2, 0.25) is 0 Å². The van der Waals surface area contributed by atoms with Crippen molar-refractivity contribution in [1.82, 2.24) is 4.90 Å². The first-order valence-corrected chi connectivity index (χ1v) is 5.91. The van der Waals surface area contributed by atoms with E-state index in [2.05, 4.69) is 6.92 Å². The molecule has 0 radical (unpaired) electrons. The summed E-state index contributed by atoms with van der Waals surface area (Å²) in [6.07, 6.45) is -1.38. The third-order valence-corrected chi connectivity index (χ3v) is 3.15. The largest absolute Gasteiger partial charge is 0.375 e. The molecule has 1 amide bonds. The van der Waals surface area contributed by atoms with E-state index in [1.54, 1.807) is 4.90 Å². The Balaban J connectivity index is 2.28. The summed E-state index contributed by atoms with van der Waals surface area (Å²) >= 11 is 0. The lowest BCUT2D eigenvalue weighted by Crippen LogP contribution is -2.42. The second-order valence-corrected chi connectivity index (χ2v) is 4.37. The van der Waals surface area contributed by atoms with E-state index in [0.29, 0.717) is 19.0 Å². The molecule has 0 bridgehead atoms. The molecule has 1 rings (SSSR count). The highest BCUT2D eigenvalue weighted by atomic mass is 19.3. The van der Waals surface area contributed by atoms with Gasteiger partial charge in [-0.15, -0.1) is 0 Å². The van der Waals surface area contributed by atoms with Crippen LogP contribution in [-0.2, 0) is 9.53 Å².